The Morgan fingerprint density at radius 3 is 0.848 bits per heavy atom. The van der Waals surface area contributed by atoms with Gasteiger partial charge in [-0.25, -0.2) is 0 Å². The molecule has 0 rings (SSSR count). The van der Waals surface area contributed by atoms with E-state index in [9.17, 15) is 0 Å². The van der Waals surface area contributed by atoms with Gasteiger partial charge in [0.1, 0.15) is 0 Å². The van der Waals surface area contributed by atoms with E-state index < -0.39 is 0 Å². The summed E-state index contributed by atoms with van der Waals surface area (Å²) in [7, 11) is 0. The molecule has 1 radical (unpaired) electrons. The molecule has 33 heavy (non-hydrogen) atoms. The summed E-state index contributed by atoms with van der Waals surface area (Å²) in [6, 6.07) is 0. The lowest BCUT2D eigenvalue weighted by Crippen LogP contribution is -2.04. The van der Waals surface area contributed by atoms with Gasteiger partial charge in [0.25, 0.3) is 0 Å². The van der Waals surface area contributed by atoms with Crippen LogP contribution in [0.5, 0.6) is 0 Å². The Labute approximate surface area is 212 Å². The monoisotopic (exact) mass is 464 g/mol. The Hall–Kier alpha value is 0. The molecule has 0 saturated heterocycles. The van der Waals surface area contributed by atoms with Crippen LogP contribution in [0, 0.1) is 11.8 Å². The smallest absolute Gasteiger partial charge is 0.0300 e. The van der Waals surface area contributed by atoms with Gasteiger partial charge in [0, 0.05) is 0 Å². The first-order valence-electron chi connectivity index (χ1n) is 16.0. The first kappa shape index (κ1) is 33.0. The van der Waals surface area contributed by atoms with Crippen LogP contribution in [-0.2, 0) is 0 Å². The van der Waals surface area contributed by atoms with Gasteiger partial charge in [-0.1, -0.05) is 195 Å². The highest BCUT2D eigenvalue weighted by Gasteiger charge is 2.11. The molecule has 0 aliphatic rings. The highest BCUT2D eigenvalue weighted by molar-refractivity contribution is 4.81. The van der Waals surface area contributed by atoms with Crippen LogP contribution >= 0.6 is 0 Å². The van der Waals surface area contributed by atoms with Gasteiger partial charge in [-0.3, -0.25) is 0 Å². The van der Waals surface area contributed by atoms with E-state index >= 15 is 0 Å². The van der Waals surface area contributed by atoms with Crippen molar-refractivity contribution in [1.29, 1.82) is 0 Å². The van der Waals surface area contributed by atoms with Crippen molar-refractivity contribution in [1.82, 2.24) is 0 Å². The molecule has 199 valence electrons. The van der Waals surface area contributed by atoms with Gasteiger partial charge in [0.15, 0.2) is 0 Å². The number of hydrogen-bond acceptors (Lipinski definition) is 0. The highest BCUT2D eigenvalue weighted by Crippen LogP contribution is 2.26. The molecule has 0 heterocycles. The van der Waals surface area contributed by atoms with Crippen LogP contribution in [-0.4, -0.2) is 0 Å². The van der Waals surface area contributed by atoms with E-state index in [4.69, 9.17) is 0 Å². The number of hydrogen-bond donors (Lipinski definition) is 0. The Morgan fingerprint density at radius 2 is 0.606 bits per heavy atom. The standard InChI is InChI=1S/C33H67/c1-5-7-9-11-13-14-15-16-17-18-19-20-21-22-24-26-28-30-33(31-32(3)4)29-27-25-23-12-10-8-6-2/h33H,5-31H2,1-4H3. The fourth-order valence-corrected chi connectivity index (χ4v) is 5.47. The van der Waals surface area contributed by atoms with Gasteiger partial charge >= 0.3 is 0 Å². The minimum Gasteiger partial charge on any atom is -0.0654 e. The molecule has 0 aromatic carbocycles. The van der Waals surface area contributed by atoms with Gasteiger partial charge < -0.3 is 0 Å². The van der Waals surface area contributed by atoms with E-state index in [1.165, 1.54) is 173 Å². The predicted octanol–water partition coefficient (Wildman–Crippen LogP) is 12.8. The first-order valence-corrected chi connectivity index (χ1v) is 16.0. The highest BCUT2D eigenvalue weighted by atomic mass is 14.2. The summed E-state index contributed by atoms with van der Waals surface area (Å²) in [5.74, 6) is 2.62. The average molecular weight is 464 g/mol. The van der Waals surface area contributed by atoms with Crippen molar-refractivity contribution in [3.05, 3.63) is 5.92 Å². The predicted molar refractivity (Wildman–Crippen MR) is 154 cm³/mol. The quantitative estimate of drug-likeness (QED) is 0.101. The number of rotatable bonds is 28. The molecular formula is C33H67. The Morgan fingerprint density at radius 1 is 0.364 bits per heavy atom. The van der Waals surface area contributed by atoms with Gasteiger partial charge in [0.2, 0.25) is 0 Å². The fourth-order valence-electron chi connectivity index (χ4n) is 5.47. The first-order chi connectivity index (χ1) is 16.2. The van der Waals surface area contributed by atoms with E-state index in [0.29, 0.717) is 0 Å². The summed E-state index contributed by atoms with van der Waals surface area (Å²) in [5.41, 5.74) is 0. The minimum atomic E-state index is 0.974. The molecule has 0 bridgehead atoms. The zero-order valence-corrected chi connectivity index (χ0v) is 24.2. The summed E-state index contributed by atoms with van der Waals surface area (Å²) in [6.45, 7) is 9.30. The molecule has 0 aliphatic carbocycles. The summed E-state index contributed by atoms with van der Waals surface area (Å²) in [4.78, 5) is 0. The molecule has 0 aliphatic heterocycles. The van der Waals surface area contributed by atoms with E-state index in [1.807, 2.05) is 0 Å². The zero-order chi connectivity index (χ0) is 24.2. The van der Waals surface area contributed by atoms with Gasteiger partial charge in [-0.05, 0) is 18.3 Å². The maximum Gasteiger partial charge on any atom is -0.0300 e. The second-order valence-corrected chi connectivity index (χ2v) is 11.6. The summed E-state index contributed by atoms with van der Waals surface area (Å²) >= 11 is 0. The Balaban J connectivity index is 3.42. The van der Waals surface area contributed by atoms with E-state index in [2.05, 4.69) is 27.7 Å². The molecule has 0 aromatic rings. The van der Waals surface area contributed by atoms with Crippen molar-refractivity contribution in [3.8, 4) is 0 Å². The third-order valence-corrected chi connectivity index (χ3v) is 7.63. The SMILES string of the molecule is CCCCCCCCCCCCCCCCCCCC(CCCCCCCCC)C[C](C)C. The van der Waals surface area contributed by atoms with Crippen molar-refractivity contribution in [2.75, 3.05) is 0 Å². The van der Waals surface area contributed by atoms with Gasteiger partial charge in [0.05, 0.1) is 0 Å². The van der Waals surface area contributed by atoms with Crippen LogP contribution < -0.4 is 0 Å². The van der Waals surface area contributed by atoms with Crippen LogP contribution in [0.4, 0.5) is 0 Å². The van der Waals surface area contributed by atoms with Crippen LogP contribution in [0.2, 0.25) is 0 Å². The molecule has 0 nitrogen and oxygen atoms in total. The fraction of sp³-hybridized carbons (Fsp3) is 0.970. The molecule has 0 spiro atoms. The van der Waals surface area contributed by atoms with Crippen molar-refractivity contribution >= 4 is 0 Å². The third-order valence-electron chi connectivity index (χ3n) is 7.63. The van der Waals surface area contributed by atoms with Crippen molar-refractivity contribution in [2.45, 2.75) is 201 Å². The molecule has 1 atom stereocenters. The Bertz CT molecular complexity index is 331. The second kappa shape index (κ2) is 28.2. The maximum absolute atomic E-state index is 2.34. The van der Waals surface area contributed by atoms with Gasteiger partial charge in [-0.2, -0.15) is 0 Å². The van der Waals surface area contributed by atoms with E-state index in [0.717, 1.165) is 5.92 Å². The molecule has 0 N–H and O–H groups in total. The minimum absolute atomic E-state index is 0.974. The summed E-state index contributed by atoms with van der Waals surface area (Å²) < 4.78 is 0. The molecule has 0 fully saturated rings. The van der Waals surface area contributed by atoms with Crippen molar-refractivity contribution < 1.29 is 0 Å². The number of unbranched alkanes of at least 4 members (excludes halogenated alkanes) is 22. The molecule has 0 saturated carbocycles. The van der Waals surface area contributed by atoms with Gasteiger partial charge in [-0.15, -0.1) is 0 Å². The van der Waals surface area contributed by atoms with Crippen LogP contribution in [0.3, 0.4) is 0 Å². The van der Waals surface area contributed by atoms with Crippen LogP contribution in [0.1, 0.15) is 201 Å². The molecule has 0 aromatic heterocycles. The lowest BCUT2D eigenvalue weighted by molar-refractivity contribution is 0.386. The van der Waals surface area contributed by atoms with E-state index in [-0.39, 0.29) is 0 Å². The van der Waals surface area contributed by atoms with Crippen molar-refractivity contribution in [3.63, 3.8) is 0 Å². The molecule has 0 amide bonds. The largest absolute Gasteiger partial charge is 0.0654 e. The normalized spacial score (nSPS) is 12.6. The maximum atomic E-state index is 2.34. The molecule has 1 unspecified atom stereocenters. The lowest BCUT2D eigenvalue weighted by Gasteiger charge is -2.19. The second-order valence-electron chi connectivity index (χ2n) is 11.6. The van der Waals surface area contributed by atoms with Crippen LogP contribution in [0.15, 0.2) is 0 Å². The summed E-state index contributed by atoms with van der Waals surface area (Å²) in [5, 5.41) is 0. The topological polar surface area (TPSA) is 0 Å². The third kappa shape index (κ3) is 28.1. The molecular weight excluding hydrogens is 396 g/mol. The van der Waals surface area contributed by atoms with Crippen LogP contribution in [0.25, 0.3) is 0 Å². The Kier molecular flexibility index (Phi) is 28.2. The van der Waals surface area contributed by atoms with Crippen molar-refractivity contribution in [2.24, 2.45) is 5.92 Å². The van der Waals surface area contributed by atoms with E-state index in [1.54, 1.807) is 5.92 Å². The average Bonchev–Trinajstić information content (AvgIpc) is 2.80. The lowest BCUT2D eigenvalue weighted by atomic mass is 9.87. The summed E-state index contributed by atoms with van der Waals surface area (Å²) in [6.07, 6.45) is 39.6. The molecule has 0 heteroatoms. The zero-order valence-electron chi connectivity index (χ0n) is 24.2.